The number of aliphatic hydroxyl groups excluding tert-OH is 1. The van der Waals surface area contributed by atoms with E-state index in [0.29, 0.717) is 18.0 Å². The van der Waals surface area contributed by atoms with E-state index in [2.05, 4.69) is 10.5 Å². The number of amides is 1. The highest BCUT2D eigenvalue weighted by Crippen LogP contribution is 2.54. The summed E-state index contributed by atoms with van der Waals surface area (Å²) >= 11 is 0. The Morgan fingerprint density at radius 3 is 2.61 bits per heavy atom. The second-order valence-electron chi connectivity index (χ2n) is 6.63. The SMILES string of the molecule is CC(C)c1cc(C(=O)NCC2(C(O)c3ccccc3)CC2)no1. The van der Waals surface area contributed by atoms with E-state index in [1.165, 1.54) is 0 Å². The van der Waals surface area contributed by atoms with Crippen molar-refractivity contribution in [2.75, 3.05) is 6.54 Å². The Hall–Kier alpha value is -2.14. The quantitative estimate of drug-likeness (QED) is 0.859. The van der Waals surface area contributed by atoms with Crippen LogP contribution in [0.3, 0.4) is 0 Å². The molecule has 1 amide bonds. The van der Waals surface area contributed by atoms with Crippen molar-refractivity contribution in [3.05, 3.63) is 53.4 Å². The fourth-order valence-corrected chi connectivity index (χ4v) is 2.71. The fraction of sp³-hybridized carbons (Fsp3) is 0.444. The number of hydrogen-bond donors (Lipinski definition) is 2. The van der Waals surface area contributed by atoms with Crippen LogP contribution in [0.5, 0.6) is 0 Å². The van der Waals surface area contributed by atoms with E-state index in [1.807, 2.05) is 44.2 Å². The molecule has 3 rings (SSSR count). The second-order valence-corrected chi connectivity index (χ2v) is 6.63. The van der Waals surface area contributed by atoms with Gasteiger partial charge in [0, 0.05) is 23.9 Å². The van der Waals surface area contributed by atoms with Gasteiger partial charge in [0.05, 0.1) is 6.10 Å². The highest BCUT2D eigenvalue weighted by molar-refractivity contribution is 5.92. The van der Waals surface area contributed by atoms with Crippen LogP contribution in [-0.2, 0) is 0 Å². The number of nitrogens with zero attached hydrogens (tertiary/aromatic N) is 1. The highest BCUT2D eigenvalue weighted by Gasteiger charge is 2.49. The first kappa shape index (κ1) is 15.7. The molecule has 1 fully saturated rings. The van der Waals surface area contributed by atoms with Crippen LogP contribution < -0.4 is 5.32 Å². The van der Waals surface area contributed by atoms with Gasteiger partial charge in [0.15, 0.2) is 5.69 Å². The third-order valence-corrected chi connectivity index (χ3v) is 4.52. The lowest BCUT2D eigenvalue weighted by Crippen LogP contribution is -2.33. The maximum Gasteiger partial charge on any atom is 0.273 e. The summed E-state index contributed by atoms with van der Waals surface area (Å²) in [4.78, 5) is 12.2. The van der Waals surface area contributed by atoms with Gasteiger partial charge in [-0.2, -0.15) is 0 Å². The van der Waals surface area contributed by atoms with Crippen LogP contribution in [0.1, 0.15) is 60.5 Å². The van der Waals surface area contributed by atoms with Crippen molar-refractivity contribution in [2.45, 2.75) is 38.7 Å². The summed E-state index contributed by atoms with van der Waals surface area (Å²) in [7, 11) is 0. The van der Waals surface area contributed by atoms with Crippen LogP contribution in [0.15, 0.2) is 40.9 Å². The molecule has 1 heterocycles. The molecular weight excluding hydrogens is 292 g/mol. The number of rotatable bonds is 6. The third kappa shape index (κ3) is 3.29. The summed E-state index contributed by atoms with van der Waals surface area (Å²) < 4.78 is 5.15. The molecule has 0 saturated heterocycles. The zero-order valence-corrected chi connectivity index (χ0v) is 13.5. The topological polar surface area (TPSA) is 75.4 Å². The van der Waals surface area contributed by atoms with Crippen LogP contribution in [0.25, 0.3) is 0 Å². The second kappa shape index (κ2) is 6.16. The molecule has 2 N–H and O–H groups in total. The Morgan fingerprint density at radius 1 is 1.35 bits per heavy atom. The summed E-state index contributed by atoms with van der Waals surface area (Å²) in [6.45, 7) is 4.40. The molecule has 1 aliphatic carbocycles. The van der Waals surface area contributed by atoms with E-state index in [1.54, 1.807) is 6.07 Å². The predicted molar refractivity (Wildman–Crippen MR) is 86.0 cm³/mol. The van der Waals surface area contributed by atoms with Gasteiger partial charge in [0.2, 0.25) is 0 Å². The van der Waals surface area contributed by atoms with Crippen molar-refractivity contribution in [3.8, 4) is 0 Å². The Kier molecular flexibility index (Phi) is 4.22. The van der Waals surface area contributed by atoms with Gasteiger partial charge in [-0.25, -0.2) is 0 Å². The van der Waals surface area contributed by atoms with Gasteiger partial charge in [-0.05, 0) is 18.4 Å². The average molecular weight is 314 g/mol. The van der Waals surface area contributed by atoms with Gasteiger partial charge < -0.3 is 14.9 Å². The fourth-order valence-electron chi connectivity index (χ4n) is 2.71. The molecule has 1 aromatic heterocycles. The van der Waals surface area contributed by atoms with Crippen LogP contribution in [-0.4, -0.2) is 22.7 Å². The summed E-state index contributed by atoms with van der Waals surface area (Å²) in [5, 5.41) is 17.3. The molecule has 2 aromatic rings. The summed E-state index contributed by atoms with van der Waals surface area (Å²) in [6, 6.07) is 11.3. The van der Waals surface area contributed by atoms with Gasteiger partial charge in [0.25, 0.3) is 5.91 Å². The number of carbonyl (C=O) groups excluding carboxylic acids is 1. The molecule has 1 unspecified atom stereocenters. The maximum absolute atomic E-state index is 12.2. The molecule has 1 saturated carbocycles. The van der Waals surface area contributed by atoms with Gasteiger partial charge in [0.1, 0.15) is 5.76 Å². The maximum atomic E-state index is 12.2. The average Bonchev–Trinajstić information content (AvgIpc) is 3.18. The van der Waals surface area contributed by atoms with Crippen molar-refractivity contribution >= 4 is 5.91 Å². The minimum Gasteiger partial charge on any atom is -0.388 e. The standard InChI is InChI=1S/C18H22N2O3/c1-12(2)15-10-14(20-23-15)17(22)19-11-18(8-9-18)16(21)13-6-4-3-5-7-13/h3-7,10,12,16,21H,8-9,11H2,1-2H3,(H,19,22). The van der Waals surface area contributed by atoms with Gasteiger partial charge in [-0.1, -0.05) is 49.3 Å². The molecule has 1 atom stereocenters. The molecule has 5 heteroatoms. The van der Waals surface area contributed by atoms with Gasteiger partial charge >= 0.3 is 0 Å². The van der Waals surface area contributed by atoms with Crippen molar-refractivity contribution < 1.29 is 14.4 Å². The molecule has 122 valence electrons. The van der Waals surface area contributed by atoms with Gasteiger partial charge in [-0.3, -0.25) is 4.79 Å². The zero-order chi connectivity index (χ0) is 16.4. The van der Waals surface area contributed by atoms with Crippen molar-refractivity contribution in [1.29, 1.82) is 0 Å². The number of benzene rings is 1. The Labute approximate surface area is 135 Å². The molecule has 5 nitrogen and oxygen atoms in total. The molecule has 1 aliphatic rings. The number of nitrogens with one attached hydrogen (secondary N) is 1. The van der Waals surface area contributed by atoms with E-state index in [-0.39, 0.29) is 17.2 Å². The first-order valence-corrected chi connectivity index (χ1v) is 8.00. The van der Waals surface area contributed by atoms with E-state index < -0.39 is 6.10 Å². The zero-order valence-electron chi connectivity index (χ0n) is 13.5. The minimum atomic E-state index is -0.562. The normalized spacial score (nSPS) is 17.0. The molecule has 1 aromatic carbocycles. The first-order chi connectivity index (χ1) is 11.0. The largest absolute Gasteiger partial charge is 0.388 e. The van der Waals surface area contributed by atoms with Crippen molar-refractivity contribution in [1.82, 2.24) is 10.5 Å². The molecule has 0 spiro atoms. The first-order valence-electron chi connectivity index (χ1n) is 8.00. The smallest absolute Gasteiger partial charge is 0.273 e. The van der Waals surface area contributed by atoms with E-state index in [4.69, 9.17) is 4.52 Å². The lowest BCUT2D eigenvalue weighted by atomic mass is 9.92. The van der Waals surface area contributed by atoms with Crippen LogP contribution in [0.4, 0.5) is 0 Å². The Balaban J connectivity index is 1.62. The number of carbonyl (C=O) groups is 1. The Morgan fingerprint density at radius 2 is 2.04 bits per heavy atom. The predicted octanol–water partition coefficient (Wildman–Crippen LogP) is 3.04. The van der Waals surface area contributed by atoms with E-state index in [9.17, 15) is 9.90 Å². The van der Waals surface area contributed by atoms with E-state index in [0.717, 1.165) is 18.4 Å². The lowest BCUT2D eigenvalue weighted by molar-refractivity contribution is 0.0802. The third-order valence-electron chi connectivity index (χ3n) is 4.52. The van der Waals surface area contributed by atoms with Crippen LogP contribution in [0.2, 0.25) is 0 Å². The highest BCUT2D eigenvalue weighted by atomic mass is 16.5. The van der Waals surface area contributed by atoms with Crippen molar-refractivity contribution in [3.63, 3.8) is 0 Å². The van der Waals surface area contributed by atoms with Gasteiger partial charge in [-0.15, -0.1) is 0 Å². The Bertz CT molecular complexity index is 675. The van der Waals surface area contributed by atoms with Crippen molar-refractivity contribution in [2.24, 2.45) is 5.41 Å². The molecule has 0 radical (unpaired) electrons. The monoisotopic (exact) mass is 314 g/mol. The van der Waals surface area contributed by atoms with E-state index >= 15 is 0 Å². The lowest BCUT2D eigenvalue weighted by Gasteiger charge is -2.22. The van der Waals surface area contributed by atoms with Crippen LogP contribution in [0, 0.1) is 5.41 Å². The molecule has 0 aliphatic heterocycles. The number of aromatic nitrogens is 1. The number of hydrogen-bond acceptors (Lipinski definition) is 4. The molecule has 23 heavy (non-hydrogen) atoms. The minimum absolute atomic E-state index is 0.193. The summed E-state index contributed by atoms with van der Waals surface area (Å²) in [6.07, 6.45) is 1.24. The summed E-state index contributed by atoms with van der Waals surface area (Å²) in [5.41, 5.74) is 0.920. The number of aliphatic hydroxyl groups is 1. The summed E-state index contributed by atoms with van der Waals surface area (Å²) in [5.74, 6) is 0.631. The molecule has 0 bridgehead atoms. The molecular formula is C18H22N2O3. The van der Waals surface area contributed by atoms with Crippen LogP contribution >= 0.6 is 0 Å².